The van der Waals surface area contributed by atoms with Crippen molar-refractivity contribution in [3.63, 3.8) is 0 Å². The molecule has 0 aliphatic heterocycles. The van der Waals surface area contributed by atoms with Gasteiger partial charge in [-0.2, -0.15) is 0 Å². The van der Waals surface area contributed by atoms with Crippen molar-refractivity contribution in [1.82, 2.24) is 20.1 Å². The van der Waals surface area contributed by atoms with Crippen molar-refractivity contribution in [1.29, 1.82) is 0 Å². The van der Waals surface area contributed by atoms with Crippen LogP contribution in [0.1, 0.15) is 5.76 Å². The molecule has 0 atom stereocenters. The Labute approximate surface area is 143 Å². The molecule has 0 spiro atoms. The molecule has 1 N–H and O–H groups in total. The first-order valence-electron chi connectivity index (χ1n) is 7.95. The minimum Gasteiger partial charge on any atom is -0.469 e. The maximum atomic E-state index is 12.3. The summed E-state index contributed by atoms with van der Waals surface area (Å²) in [6, 6.07) is 11.5. The van der Waals surface area contributed by atoms with E-state index in [0.29, 0.717) is 18.9 Å². The number of hydrogen-bond donors (Lipinski definition) is 1. The van der Waals surface area contributed by atoms with Crippen LogP contribution in [-0.2, 0) is 17.8 Å². The number of aromatic nitrogens is 3. The predicted octanol–water partition coefficient (Wildman–Crippen LogP) is 2.64. The van der Waals surface area contributed by atoms with Crippen LogP contribution in [0.15, 0.2) is 64.1 Å². The number of fused-ring (bicyclic) bond motifs is 1. The van der Waals surface area contributed by atoms with E-state index in [4.69, 9.17) is 8.83 Å². The van der Waals surface area contributed by atoms with Gasteiger partial charge in [-0.25, -0.2) is 0 Å². The molecule has 0 bridgehead atoms. The zero-order valence-corrected chi connectivity index (χ0v) is 13.4. The Morgan fingerprint density at radius 3 is 2.88 bits per heavy atom. The number of para-hydroxylation sites is 1. The fourth-order valence-corrected chi connectivity index (χ4v) is 2.83. The number of hydrogen-bond acceptors (Lipinski definition) is 5. The molecule has 0 aliphatic rings. The highest BCUT2D eigenvalue weighted by Crippen LogP contribution is 2.29. The maximum absolute atomic E-state index is 12.3. The molecule has 3 heterocycles. The first-order valence-corrected chi connectivity index (χ1v) is 7.95. The molecule has 0 unspecified atom stereocenters. The molecule has 0 fully saturated rings. The van der Waals surface area contributed by atoms with Gasteiger partial charge in [-0.15, -0.1) is 10.2 Å². The molecule has 25 heavy (non-hydrogen) atoms. The second-order valence-corrected chi connectivity index (χ2v) is 5.61. The first kappa shape index (κ1) is 15.2. The fraction of sp³-hybridized carbons (Fsp3) is 0.167. The number of nitrogens with zero attached hydrogens (tertiary/aromatic N) is 3. The number of rotatable bonds is 6. The number of benzene rings is 1. The normalized spacial score (nSPS) is 11.0. The van der Waals surface area contributed by atoms with E-state index in [-0.39, 0.29) is 12.5 Å². The Morgan fingerprint density at radius 1 is 1.16 bits per heavy atom. The topological polar surface area (TPSA) is 86.1 Å². The van der Waals surface area contributed by atoms with E-state index >= 15 is 0 Å². The Balaban J connectivity index is 1.50. The van der Waals surface area contributed by atoms with E-state index in [9.17, 15) is 4.79 Å². The molecular weight excluding hydrogens is 320 g/mol. The zero-order chi connectivity index (χ0) is 17.1. The summed E-state index contributed by atoms with van der Waals surface area (Å²) in [5.74, 6) is 1.22. The Kier molecular flexibility index (Phi) is 4.04. The van der Waals surface area contributed by atoms with Gasteiger partial charge in [-0.05, 0) is 18.2 Å². The fourth-order valence-electron chi connectivity index (χ4n) is 2.83. The van der Waals surface area contributed by atoms with E-state index in [0.717, 1.165) is 22.2 Å². The van der Waals surface area contributed by atoms with Gasteiger partial charge < -0.3 is 18.7 Å². The molecule has 0 radical (unpaired) electrons. The number of furan rings is 1. The SMILES string of the molecule is O=C(Cn1cc(-c2nnco2)c2ccccc21)NCCc1ccco1. The minimum atomic E-state index is -0.0654. The molecule has 0 saturated carbocycles. The number of carbonyl (C=O) groups excluding carboxylic acids is 1. The molecule has 0 aliphatic carbocycles. The van der Waals surface area contributed by atoms with Crippen LogP contribution in [0.5, 0.6) is 0 Å². The van der Waals surface area contributed by atoms with Crippen LogP contribution in [0.4, 0.5) is 0 Å². The van der Waals surface area contributed by atoms with Crippen molar-refractivity contribution in [2.75, 3.05) is 6.54 Å². The Morgan fingerprint density at radius 2 is 2.08 bits per heavy atom. The smallest absolute Gasteiger partial charge is 0.249 e. The maximum Gasteiger partial charge on any atom is 0.249 e. The van der Waals surface area contributed by atoms with E-state index in [1.54, 1.807) is 6.26 Å². The summed E-state index contributed by atoms with van der Waals surface area (Å²) in [7, 11) is 0. The second kappa shape index (κ2) is 6.64. The third-order valence-electron chi connectivity index (χ3n) is 3.97. The van der Waals surface area contributed by atoms with Gasteiger partial charge in [0.2, 0.25) is 18.2 Å². The summed E-state index contributed by atoms with van der Waals surface area (Å²) >= 11 is 0. The molecule has 4 aromatic rings. The van der Waals surface area contributed by atoms with Crippen LogP contribution in [-0.4, -0.2) is 27.2 Å². The average Bonchev–Trinajstić information content (AvgIpc) is 3.36. The Bertz CT molecular complexity index is 971. The molecule has 1 aromatic carbocycles. The standard InChI is InChI=1S/C18H16N4O3/c23-17(19-8-7-13-4-3-9-24-13)11-22-10-15(18-21-20-12-25-18)14-5-1-2-6-16(14)22/h1-6,9-10,12H,7-8,11H2,(H,19,23). The largest absolute Gasteiger partial charge is 0.469 e. The van der Waals surface area contributed by atoms with Crippen molar-refractivity contribution in [2.24, 2.45) is 0 Å². The van der Waals surface area contributed by atoms with Gasteiger partial charge in [0.15, 0.2) is 0 Å². The lowest BCUT2D eigenvalue weighted by Gasteiger charge is -2.06. The summed E-state index contributed by atoms with van der Waals surface area (Å²) in [6.07, 6.45) is 5.45. The van der Waals surface area contributed by atoms with Gasteiger partial charge >= 0.3 is 0 Å². The van der Waals surface area contributed by atoms with Crippen molar-refractivity contribution in [2.45, 2.75) is 13.0 Å². The van der Waals surface area contributed by atoms with Crippen molar-refractivity contribution in [3.8, 4) is 11.5 Å². The predicted molar refractivity (Wildman–Crippen MR) is 90.7 cm³/mol. The summed E-state index contributed by atoms with van der Waals surface area (Å²) in [5.41, 5.74) is 1.76. The molecular formula is C18H16N4O3. The number of carbonyl (C=O) groups is 1. The van der Waals surface area contributed by atoms with Gasteiger partial charge in [0.1, 0.15) is 12.3 Å². The second-order valence-electron chi connectivity index (χ2n) is 5.61. The lowest BCUT2D eigenvalue weighted by atomic mass is 10.2. The number of amides is 1. The van der Waals surface area contributed by atoms with Crippen LogP contribution in [0, 0.1) is 0 Å². The molecule has 4 rings (SSSR count). The highest BCUT2D eigenvalue weighted by molar-refractivity contribution is 5.94. The molecule has 3 aromatic heterocycles. The highest BCUT2D eigenvalue weighted by Gasteiger charge is 2.15. The van der Waals surface area contributed by atoms with Crippen molar-refractivity contribution >= 4 is 16.8 Å². The van der Waals surface area contributed by atoms with Crippen LogP contribution >= 0.6 is 0 Å². The molecule has 7 nitrogen and oxygen atoms in total. The molecule has 7 heteroatoms. The summed E-state index contributed by atoms with van der Waals surface area (Å²) in [6.45, 7) is 0.745. The molecule has 0 saturated heterocycles. The van der Waals surface area contributed by atoms with Crippen LogP contribution in [0.25, 0.3) is 22.4 Å². The average molecular weight is 336 g/mol. The van der Waals surface area contributed by atoms with Crippen LogP contribution in [0.2, 0.25) is 0 Å². The van der Waals surface area contributed by atoms with Gasteiger partial charge in [0.25, 0.3) is 0 Å². The van der Waals surface area contributed by atoms with E-state index in [1.165, 1.54) is 6.39 Å². The quantitative estimate of drug-likeness (QED) is 0.585. The molecule has 126 valence electrons. The van der Waals surface area contributed by atoms with E-state index in [1.807, 2.05) is 47.2 Å². The summed E-state index contributed by atoms with van der Waals surface area (Å²) in [4.78, 5) is 12.3. The van der Waals surface area contributed by atoms with E-state index < -0.39 is 0 Å². The summed E-state index contributed by atoms with van der Waals surface area (Å²) in [5, 5.41) is 11.6. The van der Waals surface area contributed by atoms with E-state index in [2.05, 4.69) is 15.5 Å². The van der Waals surface area contributed by atoms with Gasteiger partial charge in [0, 0.05) is 30.1 Å². The third-order valence-corrected chi connectivity index (χ3v) is 3.97. The van der Waals surface area contributed by atoms with Crippen LogP contribution < -0.4 is 5.32 Å². The Hall–Kier alpha value is -3.35. The summed E-state index contributed by atoms with van der Waals surface area (Å²) < 4.78 is 12.4. The number of nitrogens with one attached hydrogen (secondary N) is 1. The van der Waals surface area contributed by atoms with Crippen molar-refractivity contribution < 1.29 is 13.6 Å². The van der Waals surface area contributed by atoms with Crippen molar-refractivity contribution in [3.05, 3.63) is 61.0 Å². The highest BCUT2D eigenvalue weighted by atomic mass is 16.4. The monoisotopic (exact) mass is 336 g/mol. The van der Waals surface area contributed by atoms with Gasteiger partial charge in [-0.1, -0.05) is 18.2 Å². The van der Waals surface area contributed by atoms with Crippen LogP contribution in [0.3, 0.4) is 0 Å². The van der Waals surface area contributed by atoms with Gasteiger partial charge in [0.05, 0.1) is 11.8 Å². The van der Waals surface area contributed by atoms with Gasteiger partial charge in [-0.3, -0.25) is 4.79 Å². The zero-order valence-electron chi connectivity index (χ0n) is 13.4. The lowest BCUT2D eigenvalue weighted by molar-refractivity contribution is -0.121. The lowest BCUT2D eigenvalue weighted by Crippen LogP contribution is -2.29. The minimum absolute atomic E-state index is 0.0654. The molecule has 1 amide bonds. The first-order chi connectivity index (χ1) is 12.3. The third kappa shape index (κ3) is 3.16.